The number of hydrogen-bond acceptors (Lipinski definition) is 3. The molecule has 0 aliphatic heterocycles. The molecule has 0 saturated carbocycles. The van der Waals surface area contributed by atoms with Crippen LogP contribution in [0.2, 0.25) is 0 Å². The van der Waals surface area contributed by atoms with Crippen molar-refractivity contribution in [2.45, 2.75) is 0 Å². The van der Waals surface area contributed by atoms with E-state index in [1.807, 2.05) is 0 Å². The average molecular weight is 414 g/mol. The lowest BCUT2D eigenvalue weighted by atomic mass is 10.0. The Labute approximate surface area is 177 Å². The van der Waals surface area contributed by atoms with Gasteiger partial charge < -0.3 is 4.74 Å². The second-order valence-electron chi connectivity index (χ2n) is 6.77. The Kier molecular flexibility index (Phi) is 5.67. The van der Waals surface area contributed by atoms with Gasteiger partial charge in [-0.2, -0.15) is 0 Å². The molecule has 5 heteroatoms. The molecule has 0 aliphatic carbocycles. The normalized spacial score (nSPS) is 10.5. The lowest BCUT2D eigenvalue weighted by molar-refractivity contribution is 0.103. The van der Waals surface area contributed by atoms with Crippen LogP contribution < -0.4 is 4.74 Å². The molecule has 31 heavy (non-hydrogen) atoms. The first-order valence-electron chi connectivity index (χ1n) is 9.49. The Hall–Kier alpha value is -4.12. The topological polar surface area (TPSA) is 43.4 Å². The van der Waals surface area contributed by atoms with Gasteiger partial charge in [-0.1, -0.05) is 48.5 Å². The predicted octanol–water partition coefficient (Wildman–Crippen LogP) is 6.22. The van der Waals surface area contributed by atoms with Crippen LogP contribution in [0.15, 0.2) is 97.1 Å². The lowest BCUT2D eigenvalue weighted by Gasteiger charge is -2.13. The first kappa shape index (κ1) is 20.2. The number of carbonyl (C=O) groups is 2. The summed E-state index contributed by atoms with van der Waals surface area (Å²) in [7, 11) is 0. The van der Waals surface area contributed by atoms with E-state index in [0.29, 0.717) is 0 Å². The molecule has 0 spiro atoms. The number of para-hydroxylation sites is 2. The van der Waals surface area contributed by atoms with E-state index >= 15 is 0 Å². The summed E-state index contributed by atoms with van der Waals surface area (Å²) in [4.78, 5) is 25.9. The van der Waals surface area contributed by atoms with Crippen molar-refractivity contribution in [2.24, 2.45) is 0 Å². The molecule has 0 N–H and O–H groups in total. The number of hydrogen-bond donors (Lipinski definition) is 0. The first-order chi connectivity index (χ1) is 15.0. The van der Waals surface area contributed by atoms with Crippen LogP contribution in [-0.4, -0.2) is 11.6 Å². The van der Waals surface area contributed by atoms with Crippen molar-refractivity contribution >= 4 is 11.6 Å². The lowest BCUT2D eigenvalue weighted by Crippen LogP contribution is -2.07. The maximum Gasteiger partial charge on any atom is 0.196 e. The van der Waals surface area contributed by atoms with Crippen LogP contribution in [0.4, 0.5) is 8.78 Å². The molecule has 0 aliphatic rings. The molecule has 4 rings (SSSR count). The quantitative estimate of drug-likeness (QED) is 0.352. The minimum absolute atomic E-state index is 0.181. The minimum Gasteiger partial charge on any atom is -0.456 e. The highest BCUT2D eigenvalue weighted by Crippen LogP contribution is 2.31. The fourth-order valence-corrected chi connectivity index (χ4v) is 3.18. The van der Waals surface area contributed by atoms with E-state index in [4.69, 9.17) is 4.74 Å². The van der Waals surface area contributed by atoms with Gasteiger partial charge in [0.25, 0.3) is 0 Å². The van der Waals surface area contributed by atoms with Gasteiger partial charge >= 0.3 is 0 Å². The van der Waals surface area contributed by atoms with Gasteiger partial charge in [-0.3, -0.25) is 9.59 Å². The maximum atomic E-state index is 13.6. The molecule has 0 saturated heterocycles. The standard InChI is InChI=1S/C26H16F2O3/c27-19-9-5-7-17(15-19)25(29)21-11-1-3-13-23(21)31-24-14-4-2-12-22(24)26(30)18-8-6-10-20(28)16-18/h1-16H. The third-order valence-electron chi connectivity index (χ3n) is 4.66. The van der Waals surface area contributed by atoms with Crippen molar-refractivity contribution in [1.29, 1.82) is 0 Å². The first-order valence-corrected chi connectivity index (χ1v) is 9.49. The third kappa shape index (κ3) is 4.41. The SMILES string of the molecule is O=C(c1cccc(F)c1)c1ccccc1Oc1ccccc1C(=O)c1cccc(F)c1. The van der Waals surface area contributed by atoms with Gasteiger partial charge in [-0.25, -0.2) is 8.78 Å². The Balaban J connectivity index is 1.70. The van der Waals surface area contributed by atoms with Crippen LogP contribution in [0.3, 0.4) is 0 Å². The van der Waals surface area contributed by atoms with Crippen LogP contribution in [0, 0.1) is 11.6 Å². The zero-order chi connectivity index (χ0) is 21.8. The molecule has 0 fully saturated rings. The van der Waals surface area contributed by atoms with Gasteiger partial charge in [0, 0.05) is 11.1 Å². The van der Waals surface area contributed by atoms with Gasteiger partial charge in [0.2, 0.25) is 0 Å². The van der Waals surface area contributed by atoms with E-state index in [9.17, 15) is 18.4 Å². The summed E-state index contributed by atoms with van der Waals surface area (Å²) in [6, 6.07) is 23.8. The number of ether oxygens (including phenoxy) is 1. The predicted molar refractivity (Wildman–Crippen MR) is 113 cm³/mol. The zero-order valence-electron chi connectivity index (χ0n) is 16.2. The van der Waals surface area contributed by atoms with Gasteiger partial charge in [0.15, 0.2) is 11.6 Å². The van der Waals surface area contributed by atoms with E-state index in [2.05, 4.69) is 0 Å². The zero-order valence-corrected chi connectivity index (χ0v) is 16.2. The maximum absolute atomic E-state index is 13.6. The molecule has 0 bridgehead atoms. The smallest absolute Gasteiger partial charge is 0.196 e. The second kappa shape index (κ2) is 8.71. The summed E-state index contributed by atoms with van der Waals surface area (Å²) in [6.45, 7) is 0. The number of halogens is 2. The summed E-state index contributed by atoms with van der Waals surface area (Å²) >= 11 is 0. The molecule has 0 aromatic heterocycles. The summed E-state index contributed by atoms with van der Waals surface area (Å²) in [5, 5.41) is 0. The largest absolute Gasteiger partial charge is 0.456 e. The van der Waals surface area contributed by atoms with Crippen molar-refractivity contribution in [3.8, 4) is 11.5 Å². The highest BCUT2D eigenvalue weighted by Gasteiger charge is 2.19. The molecule has 152 valence electrons. The molecule has 0 heterocycles. The monoisotopic (exact) mass is 414 g/mol. The van der Waals surface area contributed by atoms with Crippen LogP contribution in [0.25, 0.3) is 0 Å². The minimum atomic E-state index is -0.518. The molecule has 0 radical (unpaired) electrons. The van der Waals surface area contributed by atoms with Crippen molar-refractivity contribution in [3.63, 3.8) is 0 Å². The van der Waals surface area contributed by atoms with E-state index < -0.39 is 23.2 Å². The number of ketones is 2. The number of benzene rings is 4. The molecule has 0 amide bonds. The van der Waals surface area contributed by atoms with Crippen LogP contribution in [0.1, 0.15) is 31.8 Å². The van der Waals surface area contributed by atoms with Crippen LogP contribution in [-0.2, 0) is 0 Å². The Morgan fingerprint density at radius 2 is 0.968 bits per heavy atom. The molecule has 4 aromatic carbocycles. The summed E-state index contributed by atoms with van der Waals surface area (Å²) in [6.07, 6.45) is 0. The van der Waals surface area contributed by atoms with E-state index in [1.165, 1.54) is 36.4 Å². The summed E-state index contributed by atoms with van der Waals surface area (Å²) in [5.74, 6) is -1.42. The number of carbonyl (C=O) groups excluding carboxylic acids is 2. The van der Waals surface area contributed by atoms with E-state index in [0.717, 1.165) is 12.1 Å². The molecular weight excluding hydrogens is 398 g/mol. The summed E-state index contributed by atoms with van der Waals surface area (Å²) < 4.78 is 33.1. The Morgan fingerprint density at radius 1 is 0.548 bits per heavy atom. The fourth-order valence-electron chi connectivity index (χ4n) is 3.18. The molecule has 3 nitrogen and oxygen atoms in total. The highest BCUT2D eigenvalue weighted by molar-refractivity contribution is 6.12. The van der Waals surface area contributed by atoms with Gasteiger partial charge in [-0.05, 0) is 48.5 Å². The fraction of sp³-hybridized carbons (Fsp3) is 0. The van der Waals surface area contributed by atoms with Gasteiger partial charge in [0.1, 0.15) is 23.1 Å². The molecular formula is C26H16F2O3. The number of rotatable bonds is 6. The summed E-state index contributed by atoms with van der Waals surface area (Å²) in [5.41, 5.74) is 0.808. The molecule has 0 unspecified atom stereocenters. The second-order valence-corrected chi connectivity index (χ2v) is 6.77. The Bertz CT molecular complexity index is 1180. The highest BCUT2D eigenvalue weighted by atomic mass is 19.1. The van der Waals surface area contributed by atoms with Crippen molar-refractivity contribution in [1.82, 2.24) is 0 Å². The van der Waals surface area contributed by atoms with Crippen LogP contribution in [0.5, 0.6) is 11.5 Å². The Morgan fingerprint density at radius 3 is 1.39 bits per heavy atom. The molecule has 0 atom stereocenters. The van der Waals surface area contributed by atoms with E-state index in [-0.39, 0.29) is 33.8 Å². The van der Waals surface area contributed by atoms with E-state index in [1.54, 1.807) is 48.5 Å². The van der Waals surface area contributed by atoms with Gasteiger partial charge in [0.05, 0.1) is 11.1 Å². The van der Waals surface area contributed by atoms with Gasteiger partial charge in [-0.15, -0.1) is 0 Å². The third-order valence-corrected chi connectivity index (χ3v) is 4.66. The van der Waals surface area contributed by atoms with Crippen LogP contribution >= 0.6 is 0 Å². The van der Waals surface area contributed by atoms with Crippen molar-refractivity contribution in [2.75, 3.05) is 0 Å². The average Bonchev–Trinajstić information content (AvgIpc) is 2.79. The van der Waals surface area contributed by atoms with Crippen molar-refractivity contribution in [3.05, 3.63) is 131 Å². The van der Waals surface area contributed by atoms with Crippen molar-refractivity contribution < 1.29 is 23.1 Å². The molecule has 4 aromatic rings.